The molecule has 0 aromatic heterocycles. The number of unbranched alkanes of at least 4 members (excludes halogenated alkanes) is 39. The molecular formula is C80H143NO13. The van der Waals surface area contributed by atoms with Crippen molar-refractivity contribution in [2.45, 2.75) is 396 Å². The molecule has 2 rings (SSSR count). The van der Waals surface area contributed by atoms with Gasteiger partial charge in [0.15, 0.2) is 12.6 Å². The van der Waals surface area contributed by atoms with Crippen LogP contribution in [0.4, 0.5) is 0 Å². The Bertz CT molecular complexity index is 1900. The van der Waals surface area contributed by atoms with Gasteiger partial charge in [-0.15, -0.1) is 0 Å². The molecule has 0 aromatic carbocycles. The first-order valence-corrected chi connectivity index (χ1v) is 38.8. The highest BCUT2D eigenvalue weighted by atomic mass is 16.7. The van der Waals surface area contributed by atoms with E-state index < -0.39 is 86.8 Å². The smallest absolute Gasteiger partial charge is 0.220 e. The van der Waals surface area contributed by atoms with Gasteiger partial charge in [-0.05, 0) is 77.0 Å². The molecule has 2 heterocycles. The molecule has 12 unspecified atom stereocenters. The number of hydrogen-bond acceptors (Lipinski definition) is 13. The Kier molecular flexibility index (Phi) is 59.0. The highest BCUT2D eigenvalue weighted by Gasteiger charge is 2.51. The molecule has 1 amide bonds. The minimum atomic E-state index is -1.80. The molecule has 12 atom stereocenters. The number of rotatable bonds is 64. The number of hydrogen-bond donors (Lipinski definition) is 9. The van der Waals surface area contributed by atoms with E-state index >= 15 is 0 Å². The average molecular weight is 1330 g/mol. The van der Waals surface area contributed by atoms with Crippen molar-refractivity contribution < 1.29 is 64.6 Å². The van der Waals surface area contributed by atoms with E-state index in [1.165, 1.54) is 218 Å². The van der Waals surface area contributed by atoms with Crippen molar-refractivity contribution in [3.8, 4) is 0 Å². The van der Waals surface area contributed by atoms with Crippen molar-refractivity contribution in [1.29, 1.82) is 0 Å². The molecule has 94 heavy (non-hydrogen) atoms. The quantitative estimate of drug-likeness (QED) is 0.0204. The van der Waals surface area contributed by atoms with Gasteiger partial charge in [-0.3, -0.25) is 4.79 Å². The van der Waals surface area contributed by atoms with Crippen LogP contribution in [0.15, 0.2) is 85.1 Å². The summed E-state index contributed by atoms with van der Waals surface area (Å²) < 4.78 is 22.9. The van der Waals surface area contributed by atoms with E-state index in [2.05, 4.69) is 92.1 Å². The maximum atomic E-state index is 13.4. The lowest BCUT2D eigenvalue weighted by atomic mass is 9.97. The summed E-state index contributed by atoms with van der Waals surface area (Å²) in [6.45, 7) is 2.70. The van der Waals surface area contributed by atoms with Gasteiger partial charge in [-0.1, -0.05) is 324 Å². The topological polar surface area (TPSA) is 228 Å². The van der Waals surface area contributed by atoms with Crippen LogP contribution < -0.4 is 5.32 Å². The van der Waals surface area contributed by atoms with Crippen LogP contribution in [0.2, 0.25) is 0 Å². The van der Waals surface area contributed by atoms with Crippen molar-refractivity contribution in [2.75, 3.05) is 19.8 Å². The predicted octanol–water partition coefficient (Wildman–Crippen LogP) is 17.1. The van der Waals surface area contributed by atoms with Crippen LogP contribution in [0.1, 0.15) is 322 Å². The van der Waals surface area contributed by atoms with Crippen LogP contribution in [-0.4, -0.2) is 140 Å². The monoisotopic (exact) mass is 1330 g/mol. The summed E-state index contributed by atoms with van der Waals surface area (Å²) in [7, 11) is 0. The van der Waals surface area contributed by atoms with Crippen LogP contribution in [-0.2, 0) is 23.7 Å². The van der Waals surface area contributed by atoms with Crippen LogP contribution in [0, 0.1) is 0 Å². The molecule has 0 aliphatic carbocycles. The SMILES string of the molecule is CC/C=C\C/C=C\C/C=C\C/C=C\C/C=C\CCCCCCCCCCCCCC(=O)NC(COC1OC(CO)C(OC2OC(CO)C(O)C(O)C2O)C(O)C1O)C(O)/C=C/CC/C=C/CCCCCCCCCCCCCCCCCCCCCCCCCCCCC. The van der Waals surface area contributed by atoms with Gasteiger partial charge >= 0.3 is 0 Å². The van der Waals surface area contributed by atoms with Crippen molar-refractivity contribution in [2.24, 2.45) is 0 Å². The first-order valence-electron chi connectivity index (χ1n) is 38.8. The van der Waals surface area contributed by atoms with E-state index in [4.69, 9.17) is 18.9 Å². The Balaban J connectivity index is 1.65. The Hall–Kier alpha value is -2.83. The summed E-state index contributed by atoms with van der Waals surface area (Å²) in [5.74, 6) is -0.252. The van der Waals surface area contributed by atoms with Gasteiger partial charge < -0.3 is 65.1 Å². The lowest BCUT2D eigenvalue weighted by molar-refractivity contribution is -0.359. The molecule has 0 aromatic rings. The zero-order valence-corrected chi connectivity index (χ0v) is 59.7. The fourth-order valence-electron chi connectivity index (χ4n) is 12.5. The molecule has 9 N–H and O–H groups in total. The molecule has 14 heteroatoms. The van der Waals surface area contributed by atoms with Crippen LogP contribution in [0.25, 0.3) is 0 Å². The summed E-state index contributed by atoms with van der Waals surface area (Å²) in [4.78, 5) is 13.4. The fraction of sp³-hybridized carbons (Fsp3) is 0.812. The van der Waals surface area contributed by atoms with E-state index in [1.54, 1.807) is 6.08 Å². The fourth-order valence-corrected chi connectivity index (χ4v) is 12.5. The summed E-state index contributed by atoms with van der Waals surface area (Å²) in [6.07, 6.45) is 72.3. The lowest BCUT2D eigenvalue weighted by Crippen LogP contribution is -2.65. The molecular weight excluding hydrogens is 1180 g/mol. The number of aliphatic hydroxyl groups excluding tert-OH is 8. The van der Waals surface area contributed by atoms with Crippen LogP contribution >= 0.6 is 0 Å². The predicted molar refractivity (Wildman–Crippen MR) is 387 cm³/mol. The Morgan fingerprint density at radius 3 is 1.17 bits per heavy atom. The van der Waals surface area contributed by atoms with Crippen molar-refractivity contribution in [1.82, 2.24) is 5.32 Å². The van der Waals surface area contributed by atoms with Gasteiger partial charge in [-0.25, -0.2) is 0 Å². The van der Waals surface area contributed by atoms with Gasteiger partial charge in [0.25, 0.3) is 0 Å². The summed E-state index contributed by atoms with van der Waals surface area (Å²) in [5, 5.41) is 87.6. The minimum Gasteiger partial charge on any atom is -0.394 e. The second-order valence-electron chi connectivity index (χ2n) is 27.1. The van der Waals surface area contributed by atoms with E-state index in [1.807, 2.05) is 6.08 Å². The zero-order valence-electron chi connectivity index (χ0n) is 59.7. The highest BCUT2D eigenvalue weighted by Crippen LogP contribution is 2.30. The number of carbonyl (C=O) groups is 1. The van der Waals surface area contributed by atoms with E-state index in [0.717, 1.165) is 70.6 Å². The van der Waals surface area contributed by atoms with Gasteiger partial charge in [0.1, 0.15) is 48.8 Å². The number of ether oxygens (including phenoxy) is 4. The standard InChI is InChI=1S/C80H143NO13/c1-3-5-7-9-11-13-15-17-19-21-23-25-27-29-31-32-33-34-35-36-38-39-41-43-45-47-49-51-53-55-57-59-61-63-69(84)68(67-91-79-77(90)75(88)78(71(66-83)93-79)94-80-76(89)74(87)73(86)70(65-82)92-80)81-72(85)64-62-60-58-56-54-52-50-48-46-44-42-40-37-30-28-26-24-22-20-18-16-14-12-10-8-6-4-2/h6,8,12,14,18,20,24,26,30,37,53,55,61,63,68-71,73-80,82-84,86-90H,3-5,7,9-11,13,15-17,19,21-23,25,27-29,31-36,38-52,54,56-60,62,64-67H2,1-2H3,(H,81,85)/b8-6-,14-12-,20-18-,26-24-,37-30-,55-53+,63-61+. The summed E-state index contributed by atoms with van der Waals surface area (Å²) in [6, 6.07) is -0.940. The lowest BCUT2D eigenvalue weighted by Gasteiger charge is -2.46. The molecule has 0 radical (unpaired) electrons. The van der Waals surface area contributed by atoms with Gasteiger partial charge in [0.05, 0.1) is 32.0 Å². The molecule has 0 spiro atoms. The maximum absolute atomic E-state index is 13.4. The number of allylic oxidation sites excluding steroid dienone is 13. The molecule has 0 saturated carbocycles. The summed E-state index contributed by atoms with van der Waals surface area (Å²) >= 11 is 0. The van der Waals surface area contributed by atoms with Gasteiger partial charge in [0, 0.05) is 6.42 Å². The van der Waals surface area contributed by atoms with Gasteiger partial charge in [0.2, 0.25) is 5.91 Å². The number of amides is 1. The van der Waals surface area contributed by atoms with E-state index in [9.17, 15) is 45.6 Å². The van der Waals surface area contributed by atoms with Crippen molar-refractivity contribution in [3.05, 3.63) is 85.1 Å². The number of aliphatic hydroxyl groups is 8. The Labute approximate surface area is 573 Å². The molecule has 2 saturated heterocycles. The molecule has 2 aliphatic heterocycles. The highest BCUT2D eigenvalue weighted by molar-refractivity contribution is 5.76. The second-order valence-corrected chi connectivity index (χ2v) is 27.1. The summed E-state index contributed by atoms with van der Waals surface area (Å²) in [5.41, 5.74) is 0. The second kappa shape index (κ2) is 63.6. The zero-order chi connectivity index (χ0) is 68.0. The van der Waals surface area contributed by atoms with Crippen molar-refractivity contribution >= 4 is 5.91 Å². The van der Waals surface area contributed by atoms with Crippen LogP contribution in [0.5, 0.6) is 0 Å². The molecule has 0 bridgehead atoms. The Morgan fingerprint density at radius 1 is 0.394 bits per heavy atom. The molecule has 14 nitrogen and oxygen atoms in total. The normalized spacial score (nSPS) is 22.9. The minimum absolute atomic E-state index is 0.252. The first-order chi connectivity index (χ1) is 46.1. The maximum Gasteiger partial charge on any atom is 0.220 e. The number of carbonyl (C=O) groups excluding carboxylic acids is 1. The molecule has 546 valence electrons. The van der Waals surface area contributed by atoms with Crippen LogP contribution in [0.3, 0.4) is 0 Å². The average Bonchev–Trinajstić information content (AvgIpc) is 0.794. The third-order valence-corrected chi connectivity index (χ3v) is 18.6. The third-order valence-electron chi connectivity index (χ3n) is 18.6. The van der Waals surface area contributed by atoms with E-state index in [0.29, 0.717) is 12.8 Å². The Morgan fingerprint density at radius 2 is 0.745 bits per heavy atom. The number of nitrogens with one attached hydrogen (secondary N) is 1. The molecule has 2 fully saturated rings. The molecule has 2 aliphatic rings. The van der Waals surface area contributed by atoms with Gasteiger partial charge in [-0.2, -0.15) is 0 Å². The van der Waals surface area contributed by atoms with Crippen molar-refractivity contribution in [3.63, 3.8) is 0 Å². The third kappa shape index (κ3) is 46.4. The van der Waals surface area contributed by atoms with E-state index in [-0.39, 0.29) is 18.9 Å². The first kappa shape index (κ1) is 87.3. The largest absolute Gasteiger partial charge is 0.394 e.